The van der Waals surface area contributed by atoms with Crippen molar-refractivity contribution in [3.05, 3.63) is 60.7 Å². The summed E-state index contributed by atoms with van der Waals surface area (Å²) in [5.74, 6) is 0. The molecule has 0 aliphatic carbocycles. The Kier molecular flexibility index (Phi) is 4.09. The van der Waals surface area contributed by atoms with E-state index in [1.54, 1.807) is 0 Å². The molecule has 74 valence electrons. The van der Waals surface area contributed by atoms with Gasteiger partial charge in [0.2, 0.25) is 0 Å². The van der Waals surface area contributed by atoms with Gasteiger partial charge in [0.25, 0.3) is 0 Å². The molecule has 3 aromatic rings. The summed E-state index contributed by atoms with van der Waals surface area (Å²) in [6.07, 6.45) is 0. The van der Waals surface area contributed by atoms with Crippen LogP contribution >= 0.6 is 13.6 Å². The van der Waals surface area contributed by atoms with Crippen LogP contribution in [0.3, 0.4) is 0 Å². The quantitative estimate of drug-likeness (QED) is 0.321. The molecule has 0 heterocycles. The number of fused-ring (bicyclic) bond motifs is 3. The van der Waals surface area contributed by atoms with E-state index in [-0.39, 0.29) is 0 Å². The van der Waals surface area contributed by atoms with E-state index in [0.717, 1.165) is 0 Å². The Labute approximate surface area is 112 Å². The average Bonchev–Trinajstić information content (AvgIpc) is 2.41. The van der Waals surface area contributed by atoms with E-state index in [0.29, 0.717) is 0 Å². The monoisotopic (exact) mass is 320 g/mol. The first kappa shape index (κ1) is 11.8. The van der Waals surface area contributed by atoms with Crippen LogP contribution in [0.25, 0.3) is 21.5 Å². The molecular weight excluding hydrogens is 313 g/mol. The molecule has 0 N–H and O–H groups in total. The summed E-state index contributed by atoms with van der Waals surface area (Å²) in [5, 5.41) is 5.03. The topological polar surface area (TPSA) is 0 Å². The second-order valence-corrected chi connectivity index (χ2v) is 3.42. The largest absolute Gasteiger partial charge is 0.143 e. The van der Waals surface area contributed by atoms with Gasteiger partial charge in [-0.1, -0.05) is 47.2 Å². The van der Waals surface area contributed by atoms with Crippen LogP contribution in [0.5, 0.6) is 0 Å². The Morgan fingerprint density at radius 1 is 0.812 bits per heavy atom. The number of rotatable bonds is 0. The predicted molar refractivity (Wildman–Crippen MR) is 69.2 cm³/mol. The van der Waals surface area contributed by atoms with E-state index in [1.807, 2.05) is 6.07 Å². The minimum absolute atomic E-state index is 1.19. The summed E-state index contributed by atoms with van der Waals surface area (Å²) in [4.78, 5) is 0. The summed E-state index contributed by atoms with van der Waals surface area (Å²) >= 11 is 4.25. The predicted octanol–water partition coefficient (Wildman–Crippen LogP) is 4.64. The molecule has 0 aliphatic heterocycles. The van der Waals surface area contributed by atoms with E-state index in [1.165, 1.54) is 37.9 Å². The fourth-order valence-electron chi connectivity index (χ4n) is 1.87. The van der Waals surface area contributed by atoms with Gasteiger partial charge in [0.05, 0.1) is 0 Å². The van der Waals surface area contributed by atoms with Gasteiger partial charge in [-0.2, -0.15) is 0 Å². The van der Waals surface area contributed by atoms with Crippen molar-refractivity contribution in [2.24, 2.45) is 0 Å². The van der Waals surface area contributed by atoms with Crippen LogP contribution in [-0.2, 0) is 16.3 Å². The minimum atomic E-state index is 1.19. The van der Waals surface area contributed by atoms with Gasteiger partial charge in [-0.25, -0.2) is 0 Å². The number of hydrogen-bond acceptors (Lipinski definition) is 0. The van der Waals surface area contributed by atoms with Crippen molar-refractivity contribution < 1.29 is 16.3 Å². The van der Waals surface area contributed by atoms with E-state index in [2.05, 4.69) is 68.2 Å². The molecule has 0 nitrogen and oxygen atoms in total. The third-order valence-corrected chi connectivity index (χ3v) is 2.56. The molecule has 0 atom stereocenters. The zero-order chi connectivity index (χ0) is 11.4. The standard InChI is InChI=1S/C14H9.BrH.Zn/c1-3-7-13-11(5-1)9-10-12-6-2-4-8-14(12)13;;/h1-9H;1H;/q-1;;+2/p-1. The average molecular weight is 323 g/mol. The van der Waals surface area contributed by atoms with E-state index in [4.69, 9.17) is 0 Å². The maximum absolute atomic E-state index is 3.29. The Hall–Kier alpha value is -0.717. The molecule has 0 spiro atoms. The van der Waals surface area contributed by atoms with Crippen molar-refractivity contribution in [2.75, 3.05) is 0 Å². The van der Waals surface area contributed by atoms with E-state index in [9.17, 15) is 0 Å². The molecular formula is C14H9BrZn. The maximum atomic E-state index is 3.29. The molecule has 0 unspecified atom stereocenters. The normalized spacial score (nSPS) is 9.94. The van der Waals surface area contributed by atoms with Gasteiger partial charge in [0.1, 0.15) is 0 Å². The van der Waals surface area contributed by atoms with Crippen LogP contribution in [0, 0.1) is 6.07 Å². The molecule has 0 aliphatic rings. The van der Waals surface area contributed by atoms with Gasteiger partial charge in [0.15, 0.2) is 0 Å². The van der Waals surface area contributed by atoms with Gasteiger partial charge in [-0.05, 0) is 0 Å². The number of benzene rings is 3. The summed E-state index contributed by atoms with van der Waals surface area (Å²) in [7, 11) is 0. The first-order chi connectivity index (χ1) is 7.95. The summed E-state index contributed by atoms with van der Waals surface area (Å²) in [6.45, 7) is 0. The fourth-order valence-corrected chi connectivity index (χ4v) is 1.87. The fraction of sp³-hybridized carbons (Fsp3) is 0. The van der Waals surface area contributed by atoms with Crippen molar-refractivity contribution in [1.82, 2.24) is 0 Å². The molecule has 16 heavy (non-hydrogen) atoms. The zero-order valence-electron chi connectivity index (χ0n) is 8.78. The third kappa shape index (κ3) is 2.19. The van der Waals surface area contributed by atoms with Crippen molar-refractivity contribution >= 4 is 35.2 Å². The summed E-state index contributed by atoms with van der Waals surface area (Å²) < 4.78 is 0. The van der Waals surface area contributed by atoms with Crippen LogP contribution in [-0.4, -0.2) is 0 Å². The van der Waals surface area contributed by atoms with Gasteiger partial charge in [-0.15, -0.1) is 35.0 Å². The number of hydrogen-bond donors (Lipinski definition) is 0. The van der Waals surface area contributed by atoms with Crippen LogP contribution < -0.4 is 0 Å². The number of halogens is 1. The molecule has 0 amide bonds. The van der Waals surface area contributed by atoms with Crippen LogP contribution in [0.1, 0.15) is 0 Å². The molecule has 0 saturated carbocycles. The minimum Gasteiger partial charge on any atom is -0.143 e. The van der Waals surface area contributed by atoms with Crippen LogP contribution in [0.2, 0.25) is 0 Å². The van der Waals surface area contributed by atoms with Gasteiger partial charge in [0, 0.05) is 0 Å². The molecule has 2 heteroatoms. The van der Waals surface area contributed by atoms with Gasteiger partial charge in [-0.3, -0.25) is 0 Å². The van der Waals surface area contributed by atoms with Crippen molar-refractivity contribution in [3.8, 4) is 0 Å². The summed E-state index contributed by atoms with van der Waals surface area (Å²) in [6, 6.07) is 22.1. The zero-order valence-corrected chi connectivity index (χ0v) is 13.3. The Bertz CT molecular complexity index is 550. The molecule has 3 rings (SSSR count). The van der Waals surface area contributed by atoms with Crippen molar-refractivity contribution in [3.63, 3.8) is 0 Å². The third-order valence-electron chi connectivity index (χ3n) is 2.56. The Morgan fingerprint density at radius 2 is 1.44 bits per heavy atom. The Balaban J connectivity index is 0.000000457. The second kappa shape index (κ2) is 5.56. The molecule has 0 bridgehead atoms. The molecule has 0 aromatic heterocycles. The SMILES string of the molecule is [Zn+][Br].[c-]1cc2ccccc2c2ccccc12. The Morgan fingerprint density at radius 3 is 2.25 bits per heavy atom. The first-order valence-electron chi connectivity index (χ1n) is 5.00. The van der Waals surface area contributed by atoms with Crippen LogP contribution in [0.15, 0.2) is 54.6 Å². The van der Waals surface area contributed by atoms with Gasteiger partial charge < -0.3 is 0 Å². The molecule has 0 radical (unpaired) electrons. The molecule has 3 aromatic carbocycles. The first-order valence-corrected chi connectivity index (χ1v) is 11.9. The van der Waals surface area contributed by atoms with E-state index < -0.39 is 0 Å². The van der Waals surface area contributed by atoms with E-state index >= 15 is 0 Å². The second-order valence-electron chi connectivity index (χ2n) is 3.42. The molecule has 0 fully saturated rings. The van der Waals surface area contributed by atoms with Gasteiger partial charge >= 0.3 is 30.0 Å². The molecule has 0 saturated heterocycles. The summed E-state index contributed by atoms with van der Waals surface area (Å²) in [5.41, 5.74) is 0. The van der Waals surface area contributed by atoms with Crippen LogP contribution in [0.4, 0.5) is 0 Å². The van der Waals surface area contributed by atoms with Crippen molar-refractivity contribution in [1.29, 1.82) is 0 Å². The maximum Gasteiger partial charge on any atom is -0.0640 e. The van der Waals surface area contributed by atoms with Crippen molar-refractivity contribution in [2.45, 2.75) is 0 Å². The smallest absolute Gasteiger partial charge is 0.0640 e.